The number of carbonyl (C=O) groups excluding carboxylic acids is 1. The maximum atomic E-state index is 11.1. The Bertz CT molecular complexity index is 634. The maximum Gasteiger partial charge on any atom is 0.218 e. The first-order valence-electron chi connectivity index (χ1n) is 7.53. The third-order valence-corrected chi connectivity index (χ3v) is 3.96. The molecule has 122 valence electrons. The molecule has 0 aliphatic rings. The molecular formula is C18H21ClN2O2. The normalized spacial score (nSPS) is 12.3. The quantitative estimate of drug-likeness (QED) is 0.781. The number of nitrogens with zero attached hydrogens (tertiary/aromatic N) is 1. The predicted molar refractivity (Wildman–Crippen MR) is 91.9 cm³/mol. The molecule has 0 aliphatic carbocycles. The minimum atomic E-state index is -0.722. The molecule has 2 rings (SSSR count). The number of rotatable bonds is 8. The molecule has 1 unspecified atom stereocenters. The van der Waals surface area contributed by atoms with Crippen molar-refractivity contribution < 1.29 is 9.90 Å². The highest BCUT2D eigenvalue weighted by molar-refractivity contribution is 6.31. The van der Waals surface area contributed by atoms with Crippen LogP contribution in [0.2, 0.25) is 5.02 Å². The second kappa shape index (κ2) is 8.67. The number of aliphatic hydroxyl groups excluding tert-OH is 1. The van der Waals surface area contributed by atoms with Gasteiger partial charge < -0.3 is 10.8 Å². The van der Waals surface area contributed by atoms with E-state index >= 15 is 0 Å². The second-order valence-corrected chi connectivity index (χ2v) is 5.88. The minimum Gasteiger partial charge on any atom is -0.387 e. The monoisotopic (exact) mass is 332 g/mol. The van der Waals surface area contributed by atoms with Crippen molar-refractivity contribution in [2.24, 2.45) is 5.73 Å². The molecule has 1 atom stereocenters. The van der Waals surface area contributed by atoms with E-state index in [0.717, 1.165) is 5.56 Å². The average molecular weight is 333 g/mol. The van der Waals surface area contributed by atoms with E-state index in [1.54, 1.807) is 6.07 Å². The van der Waals surface area contributed by atoms with Gasteiger partial charge in [0.15, 0.2) is 0 Å². The molecule has 0 aromatic heterocycles. The Morgan fingerprint density at radius 2 is 1.78 bits per heavy atom. The topological polar surface area (TPSA) is 66.6 Å². The Kier molecular flexibility index (Phi) is 6.59. The number of aliphatic hydroxyl groups is 1. The Morgan fingerprint density at radius 1 is 1.13 bits per heavy atom. The number of primary amides is 1. The van der Waals surface area contributed by atoms with E-state index in [-0.39, 0.29) is 12.3 Å². The van der Waals surface area contributed by atoms with Gasteiger partial charge in [-0.15, -0.1) is 0 Å². The van der Waals surface area contributed by atoms with Crippen molar-refractivity contribution in [3.63, 3.8) is 0 Å². The van der Waals surface area contributed by atoms with Gasteiger partial charge in [0.25, 0.3) is 0 Å². The van der Waals surface area contributed by atoms with Crippen LogP contribution in [0.15, 0.2) is 54.6 Å². The van der Waals surface area contributed by atoms with Gasteiger partial charge >= 0.3 is 0 Å². The molecule has 0 saturated heterocycles. The SMILES string of the molecule is NC(=O)CCN(Cc1ccccc1)CC(O)c1ccccc1Cl. The number of halogens is 1. The van der Waals surface area contributed by atoms with Gasteiger partial charge in [0.1, 0.15) is 0 Å². The molecule has 5 heteroatoms. The number of carbonyl (C=O) groups is 1. The van der Waals surface area contributed by atoms with Crippen LogP contribution < -0.4 is 5.73 Å². The Hall–Kier alpha value is -1.88. The van der Waals surface area contributed by atoms with Crippen LogP contribution in [0, 0.1) is 0 Å². The van der Waals surface area contributed by atoms with Gasteiger partial charge in [-0.1, -0.05) is 60.1 Å². The lowest BCUT2D eigenvalue weighted by molar-refractivity contribution is -0.118. The van der Waals surface area contributed by atoms with Crippen LogP contribution in [0.25, 0.3) is 0 Å². The van der Waals surface area contributed by atoms with Crippen molar-refractivity contribution in [3.8, 4) is 0 Å². The predicted octanol–water partition coefficient (Wildman–Crippen LogP) is 2.75. The summed E-state index contributed by atoms with van der Waals surface area (Å²) >= 11 is 6.14. The van der Waals surface area contributed by atoms with Gasteiger partial charge in [0, 0.05) is 36.6 Å². The van der Waals surface area contributed by atoms with E-state index in [2.05, 4.69) is 0 Å². The first kappa shape index (κ1) is 17.5. The van der Waals surface area contributed by atoms with Crippen molar-refractivity contribution in [2.75, 3.05) is 13.1 Å². The molecule has 0 aliphatic heterocycles. The van der Waals surface area contributed by atoms with E-state index in [1.807, 2.05) is 53.4 Å². The van der Waals surface area contributed by atoms with E-state index in [1.165, 1.54) is 0 Å². The lowest BCUT2D eigenvalue weighted by atomic mass is 10.1. The summed E-state index contributed by atoms with van der Waals surface area (Å²) < 4.78 is 0. The minimum absolute atomic E-state index is 0.252. The number of amides is 1. The van der Waals surface area contributed by atoms with E-state index in [0.29, 0.717) is 30.2 Å². The Balaban J connectivity index is 2.07. The fraction of sp³-hybridized carbons (Fsp3) is 0.278. The largest absolute Gasteiger partial charge is 0.387 e. The van der Waals surface area contributed by atoms with Crippen molar-refractivity contribution in [2.45, 2.75) is 19.1 Å². The highest BCUT2D eigenvalue weighted by Gasteiger charge is 2.16. The van der Waals surface area contributed by atoms with E-state index in [4.69, 9.17) is 17.3 Å². The van der Waals surface area contributed by atoms with Crippen LogP contribution in [-0.2, 0) is 11.3 Å². The number of hydrogen-bond donors (Lipinski definition) is 2. The molecule has 1 amide bonds. The van der Waals surface area contributed by atoms with Crippen LogP contribution in [0.3, 0.4) is 0 Å². The molecule has 3 N–H and O–H groups in total. The third kappa shape index (κ3) is 5.67. The van der Waals surface area contributed by atoms with E-state index in [9.17, 15) is 9.90 Å². The molecule has 0 spiro atoms. The third-order valence-electron chi connectivity index (χ3n) is 3.62. The first-order valence-corrected chi connectivity index (χ1v) is 7.91. The molecule has 0 bridgehead atoms. The van der Waals surface area contributed by atoms with Gasteiger partial charge in [-0.2, -0.15) is 0 Å². The summed E-state index contributed by atoms with van der Waals surface area (Å²) in [6.07, 6.45) is -0.470. The van der Waals surface area contributed by atoms with Gasteiger partial charge in [-0.3, -0.25) is 9.69 Å². The van der Waals surface area contributed by atoms with Crippen molar-refractivity contribution in [1.29, 1.82) is 0 Å². The molecule has 0 saturated carbocycles. The molecule has 23 heavy (non-hydrogen) atoms. The van der Waals surface area contributed by atoms with Crippen molar-refractivity contribution >= 4 is 17.5 Å². The molecule has 0 radical (unpaired) electrons. The highest BCUT2D eigenvalue weighted by atomic mass is 35.5. The summed E-state index contributed by atoms with van der Waals surface area (Å²) in [7, 11) is 0. The number of benzene rings is 2. The standard InChI is InChI=1S/C18H21ClN2O2/c19-16-9-5-4-8-15(16)17(22)13-21(11-10-18(20)23)12-14-6-2-1-3-7-14/h1-9,17,22H,10-13H2,(H2,20,23). The molecule has 0 fully saturated rings. The Morgan fingerprint density at radius 3 is 2.43 bits per heavy atom. The molecule has 0 heterocycles. The summed E-state index contributed by atoms with van der Waals surface area (Å²) in [6.45, 7) is 1.51. The van der Waals surface area contributed by atoms with Gasteiger partial charge in [-0.25, -0.2) is 0 Å². The zero-order chi connectivity index (χ0) is 16.7. The summed E-state index contributed by atoms with van der Waals surface area (Å²) in [5.74, 6) is -0.352. The van der Waals surface area contributed by atoms with Crippen LogP contribution in [0.1, 0.15) is 23.7 Å². The van der Waals surface area contributed by atoms with Gasteiger partial charge in [-0.05, 0) is 11.6 Å². The van der Waals surface area contributed by atoms with Crippen molar-refractivity contribution in [3.05, 3.63) is 70.7 Å². The van der Waals surface area contributed by atoms with Crippen LogP contribution >= 0.6 is 11.6 Å². The van der Waals surface area contributed by atoms with Crippen molar-refractivity contribution in [1.82, 2.24) is 4.90 Å². The van der Waals surface area contributed by atoms with Crippen LogP contribution in [0.5, 0.6) is 0 Å². The maximum absolute atomic E-state index is 11.1. The highest BCUT2D eigenvalue weighted by Crippen LogP contribution is 2.23. The lowest BCUT2D eigenvalue weighted by Gasteiger charge is -2.25. The molecular weight excluding hydrogens is 312 g/mol. The summed E-state index contributed by atoms with van der Waals surface area (Å²) in [5, 5.41) is 11.0. The lowest BCUT2D eigenvalue weighted by Crippen LogP contribution is -2.31. The number of nitrogens with two attached hydrogens (primary N) is 1. The summed E-state index contributed by atoms with van der Waals surface area (Å²) in [4.78, 5) is 13.1. The van der Waals surface area contributed by atoms with E-state index < -0.39 is 6.10 Å². The summed E-state index contributed by atoms with van der Waals surface area (Å²) in [6, 6.07) is 17.1. The van der Waals surface area contributed by atoms with Crippen LogP contribution in [0.4, 0.5) is 0 Å². The molecule has 2 aromatic carbocycles. The van der Waals surface area contributed by atoms with Crippen LogP contribution in [-0.4, -0.2) is 29.0 Å². The molecule has 4 nitrogen and oxygen atoms in total. The number of hydrogen-bond acceptors (Lipinski definition) is 3. The van der Waals surface area contributed by atoms with Gasteiger partial charge in [0.2, 0.25) is 5.91 Å². The fourth-order valence-electron chi connectivity index (χ4n) is 2.43. The fourth-order valence-corrected chi connectivity index (χ4v) is 2.69. The smallest absolute Gasteiger partial charge is 0.218 e. The molecule has 2 aromatic rings. The second-order valence-electron chi connectivity index (χ2n) is 5.47. The summed E-state index contributed by atoms with van der Waals surface area (Å²) in [5.41, 5.74) is 7.05. The first-order chi connectivity index (χ1) is 11.1. The average Bonchev–Trinajstić information content (AvgIpc) is 2.54. The zero-order valence-corrected chi connectivity index (χ0v) is 13.6. The zero-order valence-electron chi connectivity index (χ0n) is 12.9. The Labute approximate surface area is 141 Å². The van der Waals surface area contributed by atoms with Gasteiger partial charge in [0.05, 0.1) is 6.10 Å².